The van der Waals surface area contributed by atoms with E-state index in [0.717, 1.165) is 11.3 Å². The van der Waals surface area contributed by atoms with Crippen molar-refractivity contribution in [3.8, 4) is 17.0 Å². The standard InChI is InChI=1S/C18H22N2O3/c1-3-14(21)9-11-20-18(22)13-7-8-17(23-2)15(12-13)16-6-4-5-10-19-16/h4-8,10,12,14,21H,3,9,11H2,1-2H3,(H,20,22). The van der Waals surface area contributed by atoms with Crippen LogP contribution in [0.3, 0.4) is 0 Å². The summed E-state index contributed by atoms with van der Waals surface area (Å²) in [5.74, 6) is 0.495. The summed E-state index contributed by atoms with van der Waals surface area (Å²) in [7, 11) is 1.59. The third kappa shape index (κ3) is 4.53. The zero-order chi connectivity index (χ0) is 16.7. The lowest BCUT2D eigenvalue weighted by Crippen LogP contribution is -2.27. The van der Waals surface area contributed by atoms with Crippen LogP contribution in [0.15, 0.2) is 42.6 Å². The Bertz CT molecular complexity index is 644. The monoisotopic (exact) mass is 314 g/mol. The Hall–Kier alpha value is -2.40. The first kappa shape index (κ1) is 17.0. The molecule has 1 amide bonds. The minimum atomic E-state index is -0.379. The Balaban J connectivity index is 2.16. The number of amides is 1. The van der Waals surface area contributed by atoms with Crippen molar-refractivity contribution in [1.82, 2.24) is 10.3 Å². The van der Waals surface area contributed by atoms with E-state index in [2.05, 4.69) is 10.3 Å². The highest BCUT2D eigenvalue weighted by Crippen LogP contribution is 2.29. The van der Waals surface area contributed by atoms with Crippen molar-refractivity contribution in [1.29, 1.82) is 0 Å². The van der Waals surface area contributed by atoms with E-state index < -0.39 is 0 Å². The molecule has 2 rings (SSSR count). The molecule has 5 heteroatoms. The van der Waals surface area contributed by atoms with Gasteiger partial charge in [0.25, 0.3) is 5.91 Å². The lowest BCUT2D eigenvalue weighted by Gasteiger charge is -2.12. The summed E-state index contributed by atoms with van der Waals surface area (Å²) >= 11 is 0. The Labute approximate surface area is 136 Å². The Morgan fingerprint density at radius 1 is 1.35 bits per heavy atom. The summed E-state index contributed by atoms with van der Waals surface area (Å²) < 4.78 is 5.36. The molecule has 0 bridgehead atoms. The fraction of sp³-hybridized carbons (Fsp3) is 0.333. The summed E-state index contributed by atoms with van der Waals surface area (Å²) in [4.78, 5) is 16.6. The van der Waals surface area contributed by atoms with E-state index in [1.807, 2.05) is 25.1 Å². The highest BCUT2D eigenvalue weighted by Gasteiger charge is 2.12. The van der Waals surface area contributed by atoms with Gasteiger partial charge in [-0.15, -0.1) is 0 Å². The van der Waals surface area contributed by atoms with Crippen LogP contribution in [-0.4, -0.2) is 35.8 Å². The Morgan fingerprint density at radius 2 is 2.17 bits per heavy atom. The SMILES string of the molecule is CCC(O)CCNC(=O)c1ccc(OC)c(-c2ccccn2)c1. The van der Waals surface area contributed by atoms with Gasteiger partial charge < -0.3 is 15.2 Å². The Kier molecular flexibility index (Phi) is 6.11. The molecule has 1 aromatic carbocycles. The van der Waals surface area contributed by atoms with Crippen LogP contribution in [0.1, 0.15) is 30.1 Å². The normalized spacial score (nSPS) is 11.8. The van der Waals surface area contributed by atoms with E-state index in [4.69, 9.17) is 4.74 Å². The second-order valence-corrected chi connectivity index (χ2v) is 5.24. The maximum absolute atomic E-state index is 12.2. The van der Waals surface area contributed by atoms with Crippen molar-refractivity contribution in [2.24, 2.45) is 0 Å². The molecule has 1 atom stereocenters. The van der Waals surface area contributed by atoms with Crippen molar-refractivity contribution in [3.63, 3.8) is 0 Å². The van der Waals surface area contributed by atoms with Crippen LogP contribution in [0, 0.1) is 0 Å². The first-order valence-electron chi connectivity index (χ1n) is 7.71. The molecule has 0 aliphatic rings. The van der Waals surface area contributed by atoms with Gasteiger partial charge in [-0.05, 0) is 43.2 Å². The van der Waals surface area contributed by atoms with Gasteiger partial charge in [0.05, 0.1) is 18.9 Å². The first-order valence-corrected chi connectivity index (χ1v) is 7.71. The molecule has 1 unspecified atom stereocenters. The molecule has 0 fully saturated rings. The van der Waals surface area contributed by atoms with Gasteiger partial charge in [0.1, 0.15) is 5.75 Å². The molecule has 1 heterocycles. The fourth-order valence-electron chi connectivity index (χ4n) is 2.23. The zero-order valence-corrected chi connectivity index (χ0v) is 13.5. The lowest BCUT2D eigenvalue weighted by molar-refractivity contribution is 0.0942. The third-order valence-corrected chi connectivity index (χ3v) is 3.64. The van der Waals surface area contributed by atoms with Gasteiger partial charge in [-0.25, -0.2) is 0 Å². The molecule has 23 heavy (non-hydrogen) atoms. The molecule has 2 N–H and O–H groups in total. The number of methoxy groups -OCH3 is 1. The van der Waals surface area contributed by atoms with E-state index in [0.29, 0.717) is 30.7 Å². The minimum Gasteiger partial charge on any atom is -0.496 e. The number of aliphatic hydroxyl groups excluding tert-OH is 1. The molecular formula is C18H22N2O3. The zero-order valence-electron chi connectivity index (χ0n) is 13.5. The van der Waals surface area contributed by atoms with E-state index in [1.165, 1.54) is 0 Å². The third-order valence-electron chi connectivity index (χ3n) is 3.64. The second kappa shape index (κ2) is 8.29. The number of carbonyl (C=O) groups excluding carboxylic acids is 1. The van der Waals surface area contributed by atoms with Crippen molar-refractivity contribution >= 4 is 5.91 Å². The van der Waals surface area contributed by atoms with E-state index >= 15 is 0 Å². The topological polar surface area (TPSA) is 71.5 Å². The van der Waals surface area contributed by atoms with Crippen LogP contribution < -0.4 is 10.1 Å². The van der Waals surface area contributed by atoms with Crippen LogP contribution in [0.4, 0.5) is 0 Å². The Morgan fingerprint density at radius 3 is 2.83 bits per heavy atom. The summed E-state index contributed by atoms with van der Waals surface area (Å²) in [6, 6.07) is 10.9. The maximum atomic E-state index is 12.2. The van der Waals surface area contributed by atoms with Crippen LogP contribution in [-0.2, 0) is 0 Å². The smallest absolute Gasteiger partial charge is 0.251 e. The summed E-state index contributed by atoms with van der Waals surface area (Å²) in [5.41, 5.74) is 2.06. The van der Waals surface area contributed by atoms with Crippen LogP contribution in [0.5, 0.6) is 5.75 Å². The van der Waals surface area contributed by atoms with Crippen molar-refractivity contribution in [2.75, 3.05) is 13.7 Å². The maximum Gasteiger partial charge on any atom is 0.251 e. The molecule has 1 aromatic heterocycles. The molecular weight excluding hydrogens is 292 g/mol. The number of nitrogens with zero attached hydrogens (tertiary/aromatic N) is 1. The molecule has 122 valence electrons. The van der Waals surface area contributed by atoms with Crippen LogP contribution >= 0.6 is 0 Å². The number of aromatic nitrogens is 1. The van der Waals surface area contributed by atoms with E-state index in [-0.39, 0.29) is 12.0 Å². The first-order chi connectivity index (χ1) is 11.2. The lowest BCUT2D eigenvalue weighted by atomic mass is 10.1. The van der Waals surface area contributed by atoms with Crippen LogP contribution in [0.25, 0.3) is 11.3 Å². The average Bonchev–Trinajstić information content (AvgIpc) is 2.61. The average molecular weight is 314 g/mol. The van der Waals surface area contributed by atoms with Gasteiger partial charge in [0.2, 0.25) is 0 Å². The van der Waals surface area contributed by atoms with Gasteiger partial charge in [-0.1, -0.05) is 13.0 Å². The largest absolute Gasteiger partial charge is 0.496 e. The number of rotatable bonds is 7. The van der Waals surface area contributed by atoms with Gasteiger partial charge in [0, 0.05) is 23.9 Å². The van der Waals surface area contributed by atoms with E-state index in [9.17, 15) is 9.90 Å². The number of pyridine rings is 1. The number of benzene rings is 1. The number of ether oxygens (including phenoxy) is 1. The molecule has 0 saturated carbocycles. The predicted molar refractivity (Wildman–Crippen MR) is 89.5 cm³/mol. The quantitative estimate of drug-likeness (QED) is 0.824. The number of carbonyl (C=O) groups is 1. The number of hydrogen-bond acceptors (Lipinski definition) is 4. The molecule has 0 spiro atoms. The highest BCUT2D eigenvalue weighted by molar-refractivity contribution is 5.96. The summed E-state index contributed by atoms with van der Waals surface area (Å²) in [6.07, 6.45) is 2.55. The number of aliphatic hydroxyl groups is 1. The molecule has 0 aliphatic carbocycles. The van der Waals surface area contributed by atoms with Gasteiger partial charge in [-0.3, -0.25) is 9.78 Å². The number of hydrogen-bond donors (Lipinski definition) is 2. The highest BCUT2D eigenvalue weighted by atomic mass is 16.5. The van der Waals surface area contributed by atoms with Gasteiger partial charge in [-0.2, -0.15) is 0 Å². The van der Waals surface area contributed by atoms with Gasteiger partial charge >= 0.3 is 0 Å². The molecule has 0 radical (unpaired) electrons. The molecule has 5 nitrogen and oxygen atoms in total. The van der Waals surface area contributed by atoms with Crippen LogP contribution in [0.2, 0.25) is 0 Å². The summed E-state index contributed by atoms with van der Waals surface area (Å²) in [5, 5.41) is 12.3. The second-order valence-electron chi connectivity index (χ2n) is 5.24. The van der Waals surface area contributed by atoms with Crippen molar-refractivity contribution in [2.45, 2.75) is 25.9 Å². The molecule has 2 aromatic rings. The minimum absolute atomic E-state index is 0.173. The molecule has 0 saturated heterocycles. The van der Waals surface area contributed by atoms with Crippen molar-refractivity contribution < 1.29 is 14.6 Å². The molecule has 0 aliphatic heterocycles. The number of nitrogens with one attached hydrogen (secondary N) is 1. The predicted octanol–water partition coefficient (Wildman–Crippen LogP) is 2.65. The van der Waals surface area contributed by atoms with E-state index in [1.54, 1.807) is 31.5 Å². The fourth-order valence-corrected chi connectivity index (χ4v) is 2.23. The summed E-state index contributed by atoms with van der Waals surface area (Å²) in [6.45, 7) is 2.36. The van der Waals surface area contributed by atoms with Gasteiger partial charge in [0.15, 0.2) is 0 Å². The van der Waals surface area contributed by atoms with Crippen molar-refractivity contribution in [3.05, 3.63) is 48.2 Å².